The first-order chi connectivity index (χ1) is 9.50. The molecule has 7 nitrogen and oxygen atoms in total. The van der Waals surface area contributed by atoms with Crippen molar-refractivity contribution in [1.82, 2.24) is 10.3 Å². The first kappa shape index (κ1) is 14.3. The molecule has 1 aromatic heterocycles. The quantitative estimate of drug-likeness (QED) is 0.778. The highest BCUT2D eigenvalue weighted by Gasteiger charge is 2.29. The number of carboxylic acid groups (broad SMARTS) is 1. The Morgan fingerprint density at radius 1 is 1.40 bits per heavy atom. The number of carboxylic acids is 1. The van der Waals surface area contributed by atoms with Crippen LogP contribution in [0.15, 0.2) is 18.3 Å². The van der Waals surface area contributed by atoms with Crippen molar-refractivity contribution in [3.05, 3.63) is 24.0 Å². The van der Waals surface area contributed by atoms with E-state index in [1.165, 1.54) is 12.3 Å². The number of ether oxygens (including phenoxy) is 1. The molecular weight excluding hydrogens is 262 g/mol. The molecule has 108 valence electrons. The van der Waals surface area contributed by atoms with E-state index in [9.17, 15) is 9.59 Å². The Kier molecular flexibility index (Phi) is 4.19. The normalized spacial score (nSPS) is 17.2. The lowest BCUT2D eigenvalue weighted by Gasteiger charge is -2.34. The van der Waals surface area contributed by atoms with E-state index in [1.54, 1.807) is 6.07 Å². The number of carbonyl (C=O) groups is 2. The molecule has 0 spiro atoms. The molecule has 0 aliphatic carbocycles. The first-order valence-corrected chi connectivity index (χ1v) is 6.35. The second-order valence-corrected chi connectivity index (χ2v) is 4.96. The average molecular weight is 279 g/mol. The zero-order chi connectivity index (χ0) is 14.6. The maximum Gasteiger partial charge on any atom is 0.356 e. The van der Waals surface area contributed by atoms with Gasteiger partial charge in [0.1, 0.15) is 0 Å². The predicted octanol–water partition coefficient (Wildman–Crippen LogP) is 1.47. The average Bonchev–Trinajstić information content (AvgIpc) is 2.39. The Balaban J connectivity index is 2.03. The van der Waals surface area contributed by atoms with E-state index in [2.05, 4.69) is 15.6 Å². The fourth-order valence-corrected chi connectivity index (χ4v) is 2.05. The molecule has 0 radical (unpaired) electrons. The van der Waals surface area contributed by atoms with Crippen molar-refractivity contribution in [2.75, 3.05) is 18.5 Å². The van der Waals surface area contributed by atoms with Crippen LogP contribution in [0.5, 0.6) is 0 Å². The maximum atomic E-state index is 12.0. The predicted molar refractivity (Wildman–Crippen MR) is 71.8 cm³/mol. The molecule has 7 heteroatoms. The van der Waals surface area contributed by atoms with Crippen LogP contribution >= 0.6 is 0 Å². The fourth-order valence-electron chi connectivity index (χ4n) is 2.05. The van der Waals surface area contributed by atoms with Crippen LogP contribution in [0.4, 0.5) is 10.5 Å². The van der Waals surface area contributed by atoms with E-state index in [0.717, 1.165) is 12.8 Å². The van der Waals surface area contributed by atoms with Gasteiger partial charge in [0.25, 0.3) is 0 Å². The Morgan fingerprint density at radius 3 is 2.75 bits per heavy atom. The van der Waals surface area contributed by atoms with Gasteiger partial charge in [-0.1, -0.05) is 0 Å². The van der Waals surface area contributed by atoms with Crippen molar-refractivity contribution in [3.8, 4) is 0 Å². The summed E-state index contributed by atoms with van der Waals surface area (Å²) in [6.45, 7) is 3.14. The van der Waals surface area contributed by atoms with Crippen LogP contribution in [-0.2, 0) is 4.74 Å². The minimum Gasteiger partial charge on any atom is -0.476 e. The number of nitrogens with one attached hydrogen (secondary N) is 2. The second-order valence-electron chi connectivity index (χ2n) is 4.96. The smallest absolute Gasteiger partial charge is 0.356 e. The van der Waals surface area contributed by atoms with Gasteiger partial charge >= 0.3 is 12.0 Å². The molecule has 1 aromatic rings. The fraction of sp³-hybridized carbons (Fsp3) is 0.462. The van der Waals surface area contributed by atoms with Gasteiger partial charge in [-0.2, -0.15) is 0 Å². The third-order valence-corrected chi connectivity index (χ3v) is 3.27. The van der Waals surface area contributed by atoms with E-state index >= 15 is 0 Å². The minimum atomic E-state index is -1.18. The summed E-state index contributed by atoms with van der Waals surface area (Å²) in [5.74, 6) is -1.18. The third kappa shape index (κ3) is 3.45. The summed E-state index contributed by atoms with van der Waals surface area (Å²) in [5.41, 5.74) is -0.346. The van der Waals surface area contributed by atoms with E-state index in [0.29, 0.717) is 13.2 Å². The molecule has 2 rings (SSSR count). The van der Waals surface area contributed by atoms with Gasteiger partial charge in [-0.15, -0.1) is 0 Å². The Hall–Kier alpha value is -2.15. The number of aromatic carboxylic acids is 1. The number of rotatable bonds is 3. The number of anilines is 1. The van der Waals surface area contributed by atoms with Gasteiger partial charge < -0.3 is 20.5 Å². The van der Waals surface area contributed by atoms with Crippen LogP contribution in [0.25, 0.3) is 0 Å². The molecule has 0 unspecified atom stereocenters. The summed E-state index contributed by atoms with van der Waals surface area (Å²) in [6, 6.07) is 2.63. The number of hydrogen-bond acceptors (Lipinski definition) is 4. The van der Waals surface area contributed by atoms with Crippen molar-refractivity contribution in [3.63, 3.8) is 0 Å². The molecule has 20 heavy (non-hydrogen) atoms. The largest absolute Gasteiger partial charge is 0.476 e. The molecule has 0 bridgehead atoms. The summed E-state index contributed by atoms with van der Waals surface area (Å²) in [5, 5.41) is 14.4. The molecule has 2 amide bonds. The monoisotopic (exact) mass is 279 g/mol. The van der Waals surface area contributed by atoms with Crippen molar-refractivity contribution in [2.45, 2.75) is 25.3 Å². The van der Waals surface area contributed by atoms with E-state index in [4.69, 9.17) is 9.84 Å². The number of urea groups is 1. The number of pyridine rings is 1. The van der Waals surface area contributed by atoms with Crippen LogP contribution < -0.4 is 10.6 Å². The number of amides is 2. The van der Waals surface area contributed by atoms with Gasteiger partial charge in [0.2, 0.25) is 0 Å². The Morgan fingerprint density at radius 2 is 2.10 bits per heavy atom. The standard InChI is InChI=1S/C13H17N3O4/c1-13(4-7-20-8-5-13)16-12(19)15-9-3-2-6-14-10(9)11(17)18/h2-3,6H,4-5,7-8H2,1H3,(H,17,18)(H2,15,16,19). The zero-order valence-electron chi connectivity index (χ0n) is 11.2. The SMILES string of the molecule is CC1(NC(=O)Nc2cccnc2C(=O)O)CCOCC1. The van der Waals surface area contributed by atoms with E-state index in [1.807, 2.05) is 6.92 Å². The highest BCUT2D eigenvalue weighted by molar-refractivity contribution is 5.98. The third-order valence-electron chi connectivity index (χ3n) is 3.27. The Bertz CT molecular complexity index is 512. The molecule has 1 saturated heterocycles. The highest BCUT2D eigenvalue weighted by Crippen LogP contribution is 2.20. The van der Waals surface area contributed by atoms with Gasteiger partial charge in [-0.25, -0.2) is 14.6 Å². The zero-order valence-corrected chi connectivity index (χ0v) is 11.2. The van der Waals surface area contributed by atoms with Crippen LogP contribution in [-0.4, -0.2) is 40.8 Å². The molecular formula is C13H17N3O4. The summed E-state index contributed by atoms with van der Waals surface area (Å²) >= 11 is 0. The van der Waals surface area contributed by atoms with E-state index in [-0.39, 0.29) is 16.9 Å². The van der Waals surface area contributed by atoms with E-state index < -0.39 is 12.0 Å². The lowest BCUT2D eigenvalue weighted by atomic mass is 9.93. The second kappa shape index (κ2) is 5.87. The lowest BCUT2D eigenvalue weighted by Crippen LogP contribution is -2.51. The summed E-state index contributed by atoms with van der Waals surface area (Å²) in [7, 11) is 0. The van der Waals surface area contributed by atoms with Crippen LogP contribution in [0.1, 0.15) is 30.3 Å². The molecule has 3 N–H and O–H groups in total. The van der Waals surface area contributed by atoms with Crippen LogP contribution in [0.3, 0.4) is 0 Å². The number of aromatic nitrogens is 1. The van der Waals surface area contributed by atoms with Crippen molar-refractivity contribution in [1.29, 1.82) is 0 Å². The number of hydrogen-bond donors (Lipinski definition) is 3. The van der Waals surface area contributed by atoms with Gasteiger partial charge in [-0.05, 0) is 31.9 Å². The van der Waals surface area contributed by atoms with Crippen molar-refractivity contribution in [2.24, 2.45) is 0 Å². The van der Waals surface area contributed by atoms with Gasteiger partial charge in [0.15, 0.2) is 5.69 Å². The van der Waals surface area contributed by atoms with Crippen LogP contribution in [0, 0.1) is 0 Å². The molecule has 2 heterocycles. The number of carbonyl (C=O) groups excluding carboxylic acids is 1. The maximum absolute atomic E-state index is 12.0. The first-order valence-electron chi connectivity index (χ1n) is 6.35. The van der Waals surface area contributed by atoms with Crippen molar-refractivity contribution >= 4 is 17.7 Å². The minimum absolute atomic E-state index is 0.174. The summed E-state index contributed by atoms with van der Waals surface area (Å²) in [6.07, 6.45) is 2.81. The molecule has 0 saturated carbocycles. The van der Waals surface area contributed by atoms with Gasteiger partial charge in [0.05, 0.1) is 5.69 Å². The number of nitrogens with zero attached hydrogens (tertiary/aromatic N) is 1. The molecule has 0 aromatic carbocycles. The van der Waals surface area contributed by atoms with Crippen molar-refractivity contribution < 1.29 is 19.4 Å². The molecule has 1 aliphatic rings. The molecule has 1 fully saturated rings. The summed E-state index contributed by atoms with van der Waals surface area (Å²) < 4.78 is 5.26. The van der Waals surface area contributed by atoms with Gasteiger partial charge in [0, 0.05) is 24.9 Å². The Labute approximate surface area is 116 Å². The molecule has 1 aliphatic heterocycles. The lowest BCUT2D eigenvalue weighted by molar-refractivity contribution is 0.0499. The summed E-state index contributed by atoms with van der Waals surface area (Å²) in [4.78, 5) is 26.7. The molecule has 0 atom stereocenters. The van der Waals surface area contributed by atoms with Gasteiger partial charge in [-0.3, -0.25) is 0 Å². The van der Waals surface area contributed by atoms with Crippen LogP contribution in [0.2, 0.25) is 0 Å². The topological polar surface area (TPSA) is 101 Å². The highest BCUT2D eigenvalue weighted by atomic mass is 16.5.